The van der Waals surface area contributed by atoms with E-state index in [-0.39, 0.29) is 5.91 Å². The van der Waals surface area contributed by atoms with Gasteiger partial charge in [-0.05, 0) is 30.4 Å². The van der Waals surface area contributed by atoms with Crippen LogP contribution in [0.5, 0.6) is 0 Å². The molecule has 1 aromatic heterocycles. The first-order valence-corrected chi connectivity index (χ1v) is 7.53. The molecule has 0 spiro atoms. The van der Waals surface area contributed by atoms with Gasteiger partial charge in [0.2, 0.25) is 0 Å². The molecule has 1 aromatic rings. The zero-order chi connectivity index (χ0) is 14.5. The standard InChI is InChI=1S/C15H21N3OS/c1-10-4-2-3-5-11(10)8-18-15(19)13-7-6-12(9-17-13)14(16)20/h6-7,9-11H,2-5,8H2,1H3,(H2,16,20)(H,18,19). The second-order valence-corrected chi connectivity index (χ2v) is 5.97. The zero-order valence-corrected chi connectivity index (χ0v) is 12.6. The van der Waals surface area contributed by atoms with Gasteiger partial charge in [0.05, 0.1) is 0 Å². The molecule has 1 heterocycles. The van der Waals surface area contributed by atoms with E-state index in [2.05, 4.69) is 17.2 Å². The summed E-state index contributed by atoms with van der Waals surface area (Å²) in [6.45, 7) is 3.00. The number of carbonyl (C=O) groups excluding carboxylic acids is 1. The van der Waals surface area contributed by atoms with E-state index in [1.54, 1.807) is 18.3 Å². The molecule has 0 bridgehead atoms. The number of nitrogens with one attached hydrogen (secondary N) is 1. The average Bonchev–Trinajstić information content (AvgIpc) is 2.46. The molecular weight excluding hydrogens is 270 g/mol. The summed E-state index contributed by atoms with van der Waals surface area (Å²) in [7, 11) is 0. The number of nitrogens with zero attached hydrogens (tertiary/aromatic N) is 1. The van der Waals surface area contributed by atoms with Crippen molar-refractivity contribution < 1.29 is 4.79 Å². The topological polar surface area (TPSA) is 68.0 Å². The van der Waals surface area contributed by atoms with Crippen LogP contribution >= 0.6 is 12.2 Å². The maximum Gasteiger partial charge on any atom is 0.269 e. The van der Waals surface area contributed by atoms with Crippen molar-refractivity contribution in [3.05, 3.63) is 29.6 Å². The highest BCUT2D eigenvalue weighted by atomic mass is 32.1. The molecule has 0 radical (unpaired) electrons. The van der Waals surface area contributed by atoms with E-state index >= 15 is 0 Å². The molecule has 108 valence electrons. The van der Waals surface area contributed by atoms with Gasteiger partial charge < -0.3 is 11.1 Å². The van der Waals surface area contributed by atoms with Gasteiger partial charge in [0.1, 0.15) is 10.7 Å². The fourth-order valence-electron chi connectivity index (χ4n) is 2.68. The van der Waals surface area contributed by atoms with Crippen LogP contribution in [0.25, 0.3) is 0 Å². The van der Waals surface area contributed by atoms with E-state index in [1.165, 1.54) is 25.7 Å². The SMILES string of the molecule is CC1CCCCC1CNC(=O)c1ccc(C(N)=S)cn1. The Kier molecular flexibility index (Phi) is 5.06. The molecular formula is C15H21N3OS. The smallest absolute Gasteiger partial charge is 0.269 e. The number of aromatic nitrogens is 1. The summed E-state index contributed by atoms with van der Waals surface area (Å²) < 4.78 is 0. The molecule has 4 nitrogen and oxygen atoms in total. The van der Waals surface area contributed by atoms with Crippen molar-refractivity contribution in [1.29, 1.82) is 0 Å². The van der Waals surface area contributed by atoms with E-state index in [1.807, 2.05) is 0 Å². The summed E-state index contributed by atoms with van der Waals surface area (Å²) in [5.74, 6) is 1.15. The van der Waals surface area contributed by atoms with Crippen molar-refractivity contribution in [3.63, 3.8) is 0 Å². The Morgan fingerprint density at radius 1 is 1.45 bits per heavy atom. The van der Waals surface area contributed by atoms with E-state index in [9.17, 15) is 4.79 Å². The van der Waals surface area contributed by atoms with Crippen LogP contribution in [-0.4, -0.2) is 22.4 Å². The van der Waals surface area contributed by atoms with Crippen molar-refractivity contribution >= 4 is 23.1 Å². The monoisotopic (exact) mass is 291 g/mol. The predicted molar refractivity (Wildman–Crippen MR) is 83.6 cm³/mol. The first-order chi connectivity index (χ1) is 9.58. The van der Waals surface area contributed by atoms with E-state index in [4.69, 9.17) is 18.0 Å². The third kappa shape index (κ3) is 3.76. The van der Waals surface area contributed by atoms with Gasteiger partial charge in [-0.1, -0.05) is 38.4 Å². The van der Waals surface area contributed by atoms with Crippen molar-refractivity contribution in [2.75, 3.05) is 6.54 Å². The molecule has 5 heteroatoms. The molecule has 1 saturated carbocycles. The highest BCUT2D eigenvalue weighted by molar-refractivity contribution is 7.80. The molecule has 2 atom stereocenters. The van der Waals surface area contributed by atoms with Crippen LogP contribution in [0.1, 0.15) is 48.7 Å². The maximum atomic E-state index is 12.0. The first-order valence-electron chi connectivity index (χ1n) is 7.12. The van der Waals surface area contributed by atoms with Gasteiger partial charge in [0.15, 0.2) is 0 Å². The molecule has 1 aliphatic rings. The summed E-state index contributed by atoms with van der Waals surface area (Å²) in [5, 5.41) is 2.98. The second kappa shape index (κ2) is 6.79. The third-order valence-electron chi connectivity index (χ3n) is 4.09. The lowest BCUT2D eigenvalue weighted by Crippen LogP contribution is -2.33. The summed E-state index contributed by atoms with van der Waals surface area (Å²) in [6, 6.07) is 3.39. The van der Waals surface area contributed by atoms with Gasteiger partial charge in [0.25, 0.3) is 5.91 Å². The molecule has 1 fully saturated rings. The van der Waals surface area contributed by atoms with Crippen LogP contribution < -0.4 is 11.1 Å². The Hall–Kier alpha value is -1.49. The van der Waals surface area contributed by atoms with Gasteiger partial charge in [-0.2, -0.15) is 0 Å². The van der Waals surface area contributed by atoms with Gasteiger partial charge in [-0.3, -0.25) is 9.78 Å². The molecule has 3 N–H and O–H groups in total. The molecule has 1 amide bonds. The van der Waals surface area contributed by atoms with Crippen molar-refractivity contribution in [1.82, 2.24) is 10.3 Å². The summed E-state index contributed by atoms with van der Waals surface area (Å²) >= 11 is 4.86. The number of hydrogen-bond acceptors (Lipinski definition) is 3. The lowest BCUT2D eigenvalue weighted by Gasteiger charge is -2.28. The second-order valence-electron chi connectivity index (χ2n) is 5.53. The van der Waals surface area contributed by atoms with Gasteiger partial charge >= 0.3 is 0 Å². The van der Waals surface area contributed by atoms with Gasteiger partial charge in [0, 0.05) is 18.3 Å². The molecule has 0 saturated heterocycles. The van der Waals surface area contributed by atoms with Gasteiger partial charge in [-0.15, -0.1) is 0 Å². The summed E-state index contributed by atoms with van der Waals surface area (Å²) in [6.07, 6.45) is 6.59. The quantitative estimate of drug-likeness (QED) is 0.835. The Bertz CT molecular complexity index is 486. The Morgan fingerprint density at radius 3 is 2.80 bits per heavy atom. The van der Waals surface area contributed by atoms with Crippen LogP contribution in [0.15, 0.2) is 18.3 Å². The number of rotatable bonds is 4. The number of amides is 1. The number of carbonyl (C=O) groups is 1. The van der Waals surface area contributed by atoms with Crippen LogP contribution in [-0.2, 0) is 0 Å². The molecule has 20 heavy (non-hydrogen) atoms. The normalized spacial score (nSPS) is 22.2. The maximum absolute atomic E-state index is 12.0. The fourth-order valence-corrected chi connectivity index (χ4v) is 2.81. The van der Waals surface area contributed by atoms with E-state index in [0.29, 0.717) is 28.1 Å². The molecule has 0 aliphatic heterocycles. The number of pyridine rings is 1. The number of nitrogens with two attached hydrogens (primary N) is 1. The summed E-state index contributed by atoms with van der Waals surface area (Å²) in [4.78, 5) is 16.4. The molecule has 0 aromatic carbocycles. The minimum absolute atomic E-state index is 0.128. The summed E-state index contributed by atoms with van der Waals surface area (Å²) in [5.41, 5.74) is 6.59. The van der Waals surface area contributed by atoms with Crippen LogP contribution in [0.4, 0.5) is 0 Å². The number of thiocarbonyl (C=S) groups is 1. The minimum Gasteiger partial charge on any atom is -0.389 e. The Labute approximate surface area is 125 Å². The average molecular weight is 291 g/mol. The highest BCUT2D eigenvalue weighted by Gasteiger charge is 2.21. The zero-order valence-electron chi connectivity index (χ0n) is 11.8. The minimum atomic E-state index is -0.128. The Balaban J connectivity index is 1.89. The molecule has 1 aliphatic carbocycles. The van der Waals surface area contributed by atoms with Crippen molar-refractivity contribution in [2.24, 2.45) is 17.6 Å². The van der Waals surface area contributed by atoms with Crippen molar-refractivity contribution in [3.8, 4) is 0 Å². The lowest BCUT2D eigenvalue weighted by molar-refractivity contribution is 0.0931. The first kappa shape index (κ1) is 14.9. The predicted octanol–water partition coefficient (Wildman–Crippen LogP) is 2.27. The molecule has 2 rings (SSSR count). The molecule has 2 unspecified atom stereocenters. The van der Waals surface area contributed by atoms with Gasteiger partial charge in [-0.25, -0.2) is 0 Å². The number of hydrogen-bond donors (Lipinski definition) is 2. The van der Waals surface area contributed by atoms with E-state index in [0.717, 1.165) is 6.54 Å². The third-order valence-corrected chi connectivity index (χ3v) is 4.33. The highest BCUT2D eigenvalue weighted by Crippen LogP contribution is 2.28. The largest absolute Gasteiger partial charge is 0.389 e. The van der Waals surface area contributed by atoms with Crippen molar-refractivity contribution in [2.45, 2.75) is 32.6 Å². The lowest BCUT2D eigenvalue weighted by atomic mass is 9.80. The van der Waals surface area contributed by atoms with E-state index < -0.39 is 0 Å². The van der Waals surface area contributed by atoms with Crippen LogP contribution in [0.2, 0.25) is 0 Å². The Morgan fingerprint density at radius 2 is 2.20 bits per heavy atom. The fraction of sp³-hybridized carbons (Fsp3) is 0.533. The van der Waals surface area contributed by atoms with Crippen LogP contribution in [0, 0.1) is 11.8 Å². The van der Waals surface area contributed by atoms with Crippen LogP contribution in [0.3, 0.4) is 0 Å².